The van der Waals surface area contributed by atoms with Crippen LogP contribution in [0.3, 0.4) is 0 Å². The number of benzene rings is 3. The zero-order chi connectivity index (χ0) is 18.8. The van der Waals surface area contributed by atoms with Gasteiger partial charge in [-0.3, -0.25) is 14.5 Å². The van der Waals surface area contributed by atoms with Crippen LogP contribution in [0.15, 0.2) is 60.7 Å². The van der Waals surface area contributed by atoms with Gasteiger partial charge in [-0.05, 0) is 42.1 Å². The van der Waals surface area contributed by atoms with Gasteiger partial charge in [0.1, 0.15) is 18.9 Å². The molecule has 1 heterocycles. The molecule has 3 aromatic carbocycles. The molecular weight excluding hydrogens is 340 g/mol. The Kier molecular flexibility index (Phi) is 4.50. The number of amides is 2. The largest absolute Gasteiger partial charge is 0.492 e. The zero-order valence-corrected chi connectivity index (χ0v) is 15.1. The monoisotopic (exact) mass is 360 g/mol. The van der Waals surface area contributed by atoms with Gasteiger partial charge in [0.25, 0.3) is 5.91 Å². The lowest BCUT2D eigenvalue weighted by molar-refractivity contribution is -0.119. The van der Waals surface area contributed by atoms with E-state index < -0.39 is 0 Å². The van der Waals surface area contributed by atoms with Gasteiger partial charge >= 0.3 is 0 Å². The van der Waals surface area contributed by atoms with Gasteiger partial charge in [0.2, 0.25) is 5.91 Å². The third-order valence-corrected chi connectivity index (χ3v) is 4.63. The molecule has 0 radical (unpaired) electrons. The quantitative estimate of drug-likeness (QED) is 0.686. The minimum Gasteiger partial charge on any atom is -0.492 e. The molecule has 0 bridgehead atoms. The van der Waals surface area contributed by atoms with Crippen LogP contribution in [0.1, 0.15) is 15.9 Å². The van der Waals surface area contributed by atoms with E-state index >= 15 is 0 Å². The first kappa shape index (κ1) is 17.1. The van der Waals surface area contributed by atoms with E-state index in [2.05, 4.69) is 5.32 Å². The number of aryl methyl sites for hydroxylation is 1. The predicted octanol–water partition coefficient (Wildman–Crippen LogP) is 3.30. The number of nitrogens with zero attached hydrogens (tertiary/aromatic N) is 1. The van der Waals surface area contributed by atoms with Crippen molar-refractivity contribution in [2.24, 2.45) is 0 Å². The molecule has 136 valence electrons. The summed E-state index contributed by atoms with van der Waals surface area (Å²) >= 11 is 0. The van der Waals surface area contributed by atoms with Gasteiger partial charge in [-0.15, -0.1) is 0 Å². The van der Waals surface area contributed by atoms with Crippen LogP contribution >= 0.6 is 0 Å². The highest BCUT2D eigenvalue weighted by Gasteiger charge is 2.30. The van der Waals surface area contributed by atoms with Crippen LogP contribution in [-0.2, 0) is 4.79 Å². The second-order valence-electron chi connectivity index (χ2n) is 6.59. The number of carbonyl (C=O) groups is 2. The van der Waals surface area contributed by atoms with E-state index in [1.54, 1.807) is 0 Å². The third kappa shape index (κ3) is 3.36. The van der Waals surface area contributed by atoms with Gasteiger partial charge in [-0.1, -0.05) is 36.4 Å². The van der Waals surface area contributed by atoms with E-state index in [0.29, 0.717) is 18.7 Å². The highest BCUT2D eigenvalue weighted by atomic mass is 16.5. The lowest BCUT2D eigenvalue weighted by Gasteiger charge is -2.17. The summed E-state index contributed by atoms with van der Waals surface area (Å²) in [6, 6.07) is 19.2. The third-order valence-electron chi connectivity index (χ3n) is 4.63. The van der Waals surface area contributed by atoms with Crippen molar-refractivity contribution in [1.82, 2.24) is 5.32 Å². The maximum absolute atomic E-state index is 12.7. The minimum absolute atomic E-state index is 0.00290. The van der Waals surface area contributed by atoms with Crippen molar-refractivity contribution in [2.75, 3.05) is 24.6 Å². The fourth-order valence-corrected chi connectivity index (χ4v) is 3.40. The Morgan fingerprint density at radius 3 is 2.67 bits per heavy atom. The fraction of sp³-hybridized carbons (Fsp3) is 0.182. The molecule has 1 aliphatic heterocycles. The molecule has 0 fully saturated rings. The summed E-state index contributed by atoms with van der Waals surface area (Å²) in [6.07, 6.45) is 0. The summed E-state index contributed by atoms with van der Waals surface area (Å²) in [5, 5.41) is 4.74. The lowest BCUT2D eigenvalue weighted by atomic mass is 10.1. The maximum Gasteiger partial charge on any atom is 0.259 e. The Labute approximate surface area is 157 Å². The smallest absolute Gasteiger partial charge is 0.259 e. The van der Waals surface area contributed by atoms with Crippen molar-refractivity contribution in [2.45, 2.75) is 6.92 Å². The van der Waals surface area contributed by atoms with Gasteiger partial charge in [-0.2, -0.15) is 0 Å². The van der Waals surface area contributed by atoms with E-state index in [-0.39, 0.29) is 18.4 Å². The molecular formula is C22H20N2O3. The second-order valence-corrected chi connectivity index (χ2v) is 6.59. The number of rotatable bonds is 6. The molecule has 0 aromatic heterocycles. The summed E-state index contributed by atoms with van der Waals surface area (Å²) in [4.78, 5) is 26.5. The Morgan fingerprint density at radius 1 is 1.07 bits per heavy atom. The highest BCUT2D eigenvalue weighted by Crippen LogP contribution is 2.36. The molecule has 0 saturated carbocycles. The molecule has 0 unspecified atom stereocenters. The van der Waals surface area contributed by atoms with Gasteiger partial charge in [-0.25, -0.2) is 0 Å². The Balaban J connectivity index is 1.35. The van der Waals surface area contributed by atoms with Crippen molar-refractivity contribution in [3.8, 4) is 5.75 Å². The van der Waals surface area contributed by atoms with Crippen LogP contribution in [0.25, 0.3) is 10.8 Å². The van der Waals surface area contributed by atoms with E-state index in [4.69, 9.17) is 4.74 Å². The van der Waals surface area contributed by atoms with E-state index in [9.17, 15) is 9.59 Å². The topological polar surface area (TPSA) is 58.6 Å². The summed E-state index contributed by atoms with van der Waals surface area (Å²) in [7, 11) is 0. The van der Waals surface area contributed by atoms with Crippen LogP contribution in [0, 0.1) is 6.92 Å². The second kappa shape index (κ2) is 7.11. The Hall–Kier alpha value is -3.34. The average Bonchev–Trinajstić information content (AvgIpc) is 2.93. The molecule has 0 aliphatic carbocycles. The van der Waals surface area contributed by atoms with Crippen LogP contribution < -0.4 is 15.0 Å². The molecule has 0 saturated heterocycles. The van der Waals surface area contributed by atoms with Gasteiger partial charge in [0, 0.05) is 10.9 Å². The average molecular weight is 360 g/mol. The molecule has 5 heteroatoms. The van der Waals surface area contributed by atoms with E-state index in [1.807, 2.05) is 67.6 Å². The molecule has 0 spiro atoms. The van der Waals surface area contributed by atoms with Crippen LogP contribution in [0.5, 0.6) is 5.75 Å². The van der Waals surface area contributed by atoms with Crippen molar-refractivity contribution < 1.29 is 14.3 Å². The molecule has 1 N–H and O–H groups in total. The molecule has 4 rings (SSSR count). The number of carbonyl (C=O) groups excluding carboxylic acids is 2. The van der Waals surface area contributed by atoms with E-state index in [0.717, 1.165) is 27.8 Å². The van der Waals surface area contributed by atoms with Crippen LogP contribution in [0.4, 0.5) is 5.69 Å². The first-order valence-corrected chi connectivity index (χ1v) is 8.93. The van der Waals surface area contributed by atoms with Gasteiger partial charge in [0.05, 0.1) is 12.2 Å². The first-order valence-electron chi connectivity index (χ1n) is 8.93. The number of anilines is 1. The molecule has 5 nitrogen and oxygen atoms in total. The van der Waals surface area contributed by atoms with Crippen molar-refractivity contribution >= 4 is 28.3 Å². The molecule has 27 heavy (non-hydrogen) atoms. The Morgan fingerprint density at radius 2 is 1.85 bits per heavy atom. The van der Waals surface area contributed by atoms with E-state index in [1.165, 1.54) is 4.90 Å². The SMILES string of the molecule is Cc1cccc(OCCNC(=O)CN2C(=O)c3cccc4cccc2c34)c1. The zero-order valence-electron chi connectivity index (χ0n) is 15.1. The molecule has 2 amide bonds. The number of hydrogen-bond donors (Lipinski definition) is 1. The lowest BCUT2D eigenvalue weighted by Crippen LogP contribution is -2.40. The fourth-order valence-electron chi connectivity index (χ4n) is 3.40. The number of nitrogens with one attached hydrogen (secondary N) is 1. The highest BCUT2D eigenvalue weighted by molar-refractivity contribution is 6.26. The normalized spacial score (nSPS) is 12.5. The molecule has 0 atom stereocenters. The first-order chi connectivity index (χ1) is 13.1. The molecule has 1 aliphatic rings. The van der Waals surface area contributed by atoms with Crippen LogP contribution in [0.2, 0.25) is 0 Å². The van der Waals surface area contributed by atoms with Crippen molar-refractivity contribution in [1.29, 1.82) is 0 Å². The van der Waals surface area contributed by atoms with Gasteiger partial charge < -0.3 is 10.1 Å². The Bertz CT molecular complexity index is 1020. The maximum atomic E-state index is 12.7. The summed E-state index contributed by atoms with van der Waals surface area (Å²) in [6.45, 7) is 2.75. The predicted molar refractivity (Wildman–Crippen MR) is 105 cm³/mol. The number of ether oxygens (including phenoxy) is 1. The summed E-state index contributed by atoms with van der Waals surface area (Å²) < 4.78 is 5.63. The number of hydrogen-bond acceptors (Lipinski definition) is 3. The summed E-state index contributed by atoms with van der Waals surface area (Å²) in [5.41, 5.74) is 2.57. The standard InChI is InChI=1S/C22H20N2O3/c1-15-5-2-8-17(13-15)27-12-11-23-20(25)14-24-19-10-4-7-16-6-3-9-18(21(16)19)22(24)26/h2-10,13H,11-12,14H2,1H3,(H,23,25). The summed E-state index contributed by atoms with van der Waals surface area (Å²) in [5.74, 6) is 0.440. The van der Waals surface area contributed by atoms with Gasteiger partial charge in [0.15, 0.2) is 0 Å². The van der Waals surface area contributed by atoms with Crippen molar-refractivity contribution in [3.63, 3.8) is 0 Å². The van der Waals surface area contributed by atoms with Crippen LogP contribution in [-0.4, -0.2) is 31.5 Å². The van der Waals surface area contributed by atoms with Crippen molar-refractivity contribution in [3.05, 3.63) is 71.8 Å². The molecule has 3 aromatic rings. The minimum atomic E-state index is -0.207.